The van der Waals surface area contributed by atoms with Gasteiger partial charge in [-0.25, -0.2) is 23.1 Å². The predicted octanol–water partition coefficient (Wildman–Crippen LogP) is 6.66. The molecule has 6 heterocycles. The summed E-state index contributed by atoms with van der Waals surface area (Å²) in [5.74, 6) is -1.75. The van der Waals surface area contributed by atoms with Crippen molar-refractivity contribution in [2.75, 3.05) is 43.0 Å². The van der Waals surface area contributed by atoms with Crippen molar-refractivity contribution in [1.82, 2.24) is 33.6 Å². The molecule has 11 nitrogen and oxygen atoms in total. The summed E-state index contributed by atoms with van der Waals surface area (Å²) in [6, 6.07) is 7.14. The highest BCUT2D eigenvalue weighted by molar-refractivity contribution is 6.11. The van der Waals surface area contributed by atoms with Gasteiger partial charge in [-0.1, -0.05) is 6.07 Å². The summed E-state index contributed by atoms with van der Waals surface area (Å²) in [6.07, 6.45) is 2.00. The first-order valence-corrected chi connectivity index (χ1v) is 17.7. The third kappa shape index (κ3) is 5.24. The van der Waals surface area contributed by atoms with E-state index >= 15 is 8.78 Å². The lowest BCUT2D eigenvalue weighted by atomic mass is 9.92. The van der Waals surface area contributed by atoms with Gasteiger partial charge in [0.1, 0.15) is 35.0 Å². The molecule has 278 valence electrons. The SMILES string of the molecule is CC1CN(c2c(F)cc(C(=O)c3cc4c5c(cccn35)-c3c(C(F)(F)F)cc5c(ncn5C)c3N(C)CC4)cc2F)CCN1C(=O)n1cnnc1C1CC1. The van der Waals surface area contributed by atoms with Crippen LogP contribution in [0.1, 0.15) is 58.7 Å². The number of benzene rings is 2. The zero-order valence-corrected chi connectivity index (χ0v) is 29.5. The van der Waals surface area contributed by atoms with E-state index in [1.807, 2.05) is 0 Å². The average molecular weight is 744 g/mol. The van der Waals surface area contributed by atoms with Gasteiger partial charge in [-0.15, -0.1) is 10.2 Å². The number of ketones is 1. The van der Waals surface area contributed by atoms with E-state index in [9.17, 15) is 22.8 Å². The van der Waals surface area contributed by atoms with E-state index in [2.05, 4.69) is 15.2 Å². The standard InChI is InChI=1S/C38H34F5N9O2/c1-20-17-49(11-12-50(20)37(54)52-19-45-46-36(52)21-6-7-21)33-26(39)13-23(14-27(33)40)35(53)29-15-22-8-10-47(2)34-30(24-5-4-9-51(29)32(22)24)25(38(41,42)43)16-28-31(34)44-18-48(28)3/h4-5,9,13-16,18-21H,6-8,10-12,17H2,1-3H3. The molecule has 3 aliphatic rings. The second kappa shape index (κ2) is 12.1. The van der Waals surface area contributed by atoms with Gasteiger partial charge in [0.15, 0.2) is 0 Å². The van der Waals surface area contributed by atoms with Crippen LogP contribution < -0.4 is 9.80 Å². The number of halogens is 5. The quantitative estimate of drug-likeness (QED) is 0.147. The Morgan fingerprint density at radius 1 is 0.944 bits per heavy atom. The number of amides is 1. The molecule has 1 saturated carbocycles. The van der Waals surface area contributed by atoms with Crippen LogP contribution in [-0.2, 0) is 19.6 Å². The second-order valence-electron chi connectivity index (χ2n) is 14.5. The minimum Gasteiger partial charge on any atom is -0.372 e. The molecular weight excluding hydrogens is 709 g/mol. The number of likely N-dealkylation sites (N-methyl/N-ethyl adjacent to an activating group) is 1. The zero-order chi connectivity index (χ0) is 37.8. The van der Waals surface area contributed by atoms with Crippen LogP contribution in [0.5, 0.6) is 0 Å². The van der Waals surface area contributed by atoms with Crippen LogP contribution in [0.4, 0.5) is 38.1 Å². The number of alkyl halides is 3. The maximum absolute atomic E-state index is 15.9. The Bertz CT molecular complexity index is 2510. The summed E-state index contributed by atoms with van der Waals surface area (Å²) in [5, 5.41) is 8.01. The molecule has 0 bridgehead atoms. The van der Waals surface area contributed by atoms with Crippen LogP contribution in [0.3, 0.4) is 0 Å². The maximum atomic E-state index is 15.9. The summed E-state index contributed by atoms with van der Waals surface area (Å²) >= 11 is 0. The van der Waals surface area contributed by atoms with Crippen molar-refractivity contribution in [3.63, 3.8) is 0 Å². The molecule has 0 N–H and O–H groups in total. The maximum Gasteiger partial charge on any atom is 0.417 e. The van der Waals surface area contributed by atoms with Crippen LogP contribution in [0.2, 0.25) is 0 Å². The van der Waals surface area contributed by atoms with Gasteiger partial charge in [-0.05, 0) is 62.1 Å². The van der Waals surface area contributed by atoms with Gasteiger partial charge in [-0.2, -0.15) is 13.2 Å². The number of hydrogen-bond donors (Lipinski definition) is 0. The number of aromatic nitrogens is 6. The molecule has 2 aliphatic heterocycles. The molecule has 0 radical (unpaired) electrons. The molecule has 4 aromatic heterocycles. The first kappa shape index (κ1) is 34.0. The number of anilines is 2. The van der Waals surface area contributed by atoms with Crippen molar-refractivity contribution in [3.05, 3.63) is 95.1 Å². The summed E-state index contributed by atoms with van der Waals surface area (Å²) < 4.78 is 80.8. The Hall–Kier alpha value is -5.80. The van der Waals surface area contributed by atoms with Crippen molar-refractivity contribution in [2.24, 2.45) is 7.05 Å². The van der Waals surface area contributed by atoms with E-state index in [1.165, 1.54) is 26.5 Å². The number of fused-ring (bicyclic) bond motifs is 4. The fraction of sp³-hybridized carbons (Fsp3) is 0.342. The topological polar surface area (TPSA) is 96.8 Å². The first-order valence-electron chi connectivity index (χ1n) is 17.7. The van der Waals surface area contributed by atoms with E-state index in [0.717, 1.165) is 31.0 Å². The Labute approximate surface area is 305 Å². The number of rotatable bonds is 4. The van der Waals surface area contributed by atoms with Crippen molar-refractivity contribution in [2.45, 2.75) is 44.3 Å². The number of hydrogen-bond acceptors (Lipinski definition) is 7. The van der Waals surface area contributed by atoms with Crippen LogP contribution >= 0.6 is 0 Å². The van der Waals surface area contributed by atoms with E-state index in [0.29, 0.717) is 46.6 Å². The number of nitrogens with zero attached hydrogens (tertiary/aromatic N) is 9. The minimum atomic E-state index is -4.71. The average Bonchev–Trinajstić information content (AvgIpc) is 3.55. The lowest BCUT2D eigenvalue weighted by Crippen LogP contribution is -2.55. The van der Waals surface area contributed by atoms with E-state index < -0.39 is 35.2 Å². The van der Waals surface area contributed by atoms with Crippen molar-refractivity contribution >= 4 is 39.7 Å². The molecule has 1 amide bonds. The number of piperazine rings is 1. The summed E-state index contributed by atoms with van der Waals surface area (Å²) in [6.45, 7) is 2.60. The molecule has 9 rings (SSSR count). The summed E-state index contributed by atoms with van der Waals surface area (Å²) in [7, 11) is 3.36. The number of carbonyl (C=O) groups excluding carboxylic acids is 2. The molecule has 1 saturated heterocycles. The van der Waals surface area contributed by atoms with Gasteiger partial charge in [0.2, 0.25) is 5.78 Å². The van der Waals surface area contributed by atoms with Gasteiger partial charge >= 0.3 is 12.2 Å². The predicted molar refractivity (Wildman–Crippen MR) is 190 cm³/mol. The highest BCUT2D eigenvalue weighted by Crippen LogP contribution is 2.48. The fourth-order valence-corrected chi connectivity index (χ4v) is 8.16. The third-order valence-corrected chi connectivity index (χ3v) is 11.0. The van der Waals surface area contributed by atoms with E-state index in [1.54, 1.807) is 59.8 Å². The molecule has 2 fully saturated rings. The van der Waals surface area contributed by atoms with Gasteiger partial charge in [-0.3, -0.25) is 4.79 Å². The van der Waals surface area contributed by atoms with Gasteiger partial charge in [0, 0.05) is 75.1 Å². The zero-order valence-electron chi connectivity index (χ0n) is 29.5. The lowest BCUT2D eigenvalue weighted by Gasteiger charge is -2.41. The molecule has 54 heavy (non-hydrogen) atoms. The molecule has 1 atom stereocenters. The molecule has 0 spiro atoms. The van der Waals surface area contributed by atoms with Crippen molar-refractivity contribution in [3.8, 4) is 11.1 Å². The number of imidazole rings is 1. The molecule has 1 aliphatic carbocycles. The molecule has 1 unspecified atom stereocenters. The number of aryl methyl sites for hydroxylation is 1. The monoisotopic (exact) mass is 743 g/mol. The Balaban J connectivity index is 1.06. The second-order valence-corrected chi connectivity index (χ2v) is 14.5. The smallest absolute Gasteiger partial charge is 0.372 e. The molecule has 16 heteroatoms. The normalized spacial score (nSPS) is 17.6. The number of pyridine rings is 1. The Morgan fingerprint density at radius 2 is 1.70 bits per heavy atom. The largest absolute Gasteiger partial charge is 0.417 e. The van der Waals surface area contributed by atoms with Gasteiger partial charge in [0.05, 0.1) is 34.3 Å². The Morgan fingerprint density at radius 3 is 2.41 bits per heavy atom. The third-order valence-electron chi connectivity index (χ3n) is 11.0. The van der Waals surface area contributed by atoms with Crippen molar-refractivity contribution < 1.29 is 31.5 Å². The van der Waals surface area contributed by atoms with Gasteiger partial charge < -0.3 is 23.7 Å². The van der Waals surface area contributed by atoms with Gasteiger partial charge in [0.25, 0.3) is 0 Å². The molecular formula is C38H34F5N9O2. The van der Waals surface area contributed by atoms with E-state index in [4.69, 9.17) is 0 Å². The van der Waals surface area contributed by atoms with Crippen LogP contribution in [0, 0.1) is 11.6 Å². The highest BCUT2D eigenvalue weighted by Gasteiger charge is 2.39. The Kier molecular flexibility index (Phi) is 7.63. The molecule has 2 aromatic carbocycles. The van der Waals surface area contributed by atoms with Crippen LogP contribution in [0.15, 0.2) is 55.2 Å². The van der Waals surface area contributed by atoms with E-state index in [-0.39, 0.29) is 59.7 Å². The lowest BCUT2D eigenvalue weighted by molar-refractivity contribution is -0.137. The molecule has 6 aromatic rings. The van der Waals surface area contributed by atoms with Crippen LogP contribution in [-0.4, -0.2) is 84.7 Å². The summed E-state index contributed by atoms with van der Waals surface area (Å²) in [4.78, 5) is 36.9. The highest BCUT2D eigenvalue weighted by atomic mass is 19.4. The minimum absolute atomic E-state index is 0.0534. The first-order chi connectivity index (χ1) is 25.8. The van der Waals surface area contributed by atoms with Crippen molar-refractivity contribution in [1.29, 1.82) is 0 Å². The number of carbonyl (C=O) groups is 2. The summed E-state index contributed by atoms with van der Waals surface area (Å²) in [5.41, 5.74) is 0.997. The van der Waals surface area contributed by atoms with Crippen LogP contribution in [0.25, 0.3) is 27.7 Å². The fourth-order valence-electron chi connectivity index (χ4n) is 8.16.